The van der Waals surface area contributed by atoms with Crippen LogP contribution in [0.5, 0.6) is 0 Å². The maximum Gasteiger partial charge on any atom is 0.324 e. The van der Waals surface area contributed by atoms with E-state index in [1.165, 1.54) is 13.8 Å². The van der Waals surface area contributed by atoms with Crippen LogP contribution in [0.2, 0.25) is 0 Å². The van der Waals surface area contributed by atoms with Crippen molar-refractivity contribution in [3.05, 3.63) is 0 Å². The lowest BCUT2D eigenvalue weighted by Gasteiger charge is -2.23. The van der Waals surface area contributed by atoms with Gasteiger partial charge in [-0.3, -0.25) is 4.79 Å². The van der Waals surface area contributed by atoms with Crippen LogP contribution in [0.3, 0.4) is 0 Å². The summed E-state index contributed by atoms with van der Waals surface area (Å²) in [6, 6.07) is 0. The van der Waals surface area contributed by atoms with Crippen LogP contribution in [-0.2, 0) is 19.4 Å². The second-order valence-corrected chi connectivity index (χ2v) is 7.75. The number of ether oxygens (including phenoxy) is 1. The molecular formula is C10H20O5S. The zero-order chi connectivity index (χ0) is 13.2. The molecule has 0 atom stereocenters. The van der Waals surface area contributed by atoms with Crippen molar-refractivity contribution in [1.82, 2.24) is 0 Å². The lowest BCUT2D eigenvalue weighted by Crippen LogP contribution is -2.43. The van der Waals surface area contributed by atoms with Crippen LogP contribution in [-0.4, -0.2) is 42.2 Å². The van der Waals surface area contributed by atoms with Gasteiger partial charge in [0.25, 0.3) is 0 Å². The van der Waals surface area contributed by atoms with Gasteiger partial charge in [-0.25, -0.2) is 8.42 Å². The molecule has 5 nitrogen and oxygen atoms in total. The molecule has 0 aliphatic carbocycles. The van der Waals surface area contributed by atoms with Gasteiger partial charge in [0.1, 0.15) is 0 Å². The quantitative estimate of drug-likeness (QED) is 0.792. The van der Waals surface area contributed by atoms with Gasteiger partial charge in [-0.15, -0.1) is 0 Å². The van der Waals surface area contributed by atoms with E-state index in [9.17, 15) is 13.2 Å². The predicted molar refractivity (Wildman–Crippen MR) is 61.2 cm³/mol. The first-order valence-corrected chi connectivity index (χ1v) is 6.65. The van der Waals surface area contributed by atoms with E-state index in [2.05, 4.69) is 0 Å². The predicted octanol–water partition coefficient (Wildman–Crippen LogP) is 1.08. The van der Waals surface area contributed by atoms with Gasteiger partial charge in [-0.1, -0.05) is 0 Å². The lowest BCUT2D eigenvalue weighted by molar-refractivity contribution is -0.139. The minimum atomic E-state index is -3.71. The second kappa shape index (κ2) is 4.71. The van der Waals surface area contributed by atoms with E-state index in [1.807, 2.05) is 20.8 Å². The fourth-order valence-electron chi connectivity index (χ4n) is 0.846. The van der Waals surface area contributed by atoms with E-state index in [-0.39, 0.29) is 12.4 Å². The van der Waals surface area contributed by atoms with E-state index in [4.69, 9.17) is 9.84 Å². The van der Waals surface area contributed by atoms with Gasteiger partial charge in [0.2, 0.25) is 0 Å². The average molecular weight is 252 g/mol. The van der Waals surface area contributed by atoms with Gasteiger partial charge in [0.15, 0.2) is 14.6 Å². The molecule has 0 saturated heterocycles. The Balaban J connectivity index is 4.56. The number of sulfone groups is 1. The molecule has 0 fully saturated rings. The number of carboxylic acid groups (broad SMARTS) is 1. The molecule has 0 aromatic carbocycles. The summed E-state index contributed by atoms with van der Waals surface area (Å²) in [5.74, 6) is -1.63. The van der Waals surface area contributed by atoms with E-state index in [0.29, 0.717) is 0 Å². The lowest BCUT2D eigenvalue weighted by atomic mass is 10.2. The summed E-state index contributed by atoms with van der Waals surface area (Å²) in [5.41, 5.74) is -0.428. The summed E-state index contributed by atoms with van der Waals surface area (Å²) in [4.78, 5) is 10.8. The summed E-state index contributed by atoms with van der Waals surface area (Å²) < 4.78 is 26.9. The third-order valence-corrected chi connectivity index (χ3v) is 4.61. The number of hydrogen-bond acceptors (Lipinski definition) is 4. The number of carbonyl (C=O) groups is 1. The molecular weight excluding hydrogens is 232 g/mol. The molecule has 0 spiro atoms. The van der Waals surface area contributed by atoms with Gasteiger partial charge in [0.05, 0.1) is 18.0 Å². The molecule has 96 valence electrons. The Morgan fingerprint density at radius 2 is 1.62 bits per heavy atom. The molecule has 0 bridgehead atoms. The van der Waals surface area contributed by atoms with Crippen molar-refractivity contribution in [2.24, 2.45) is 0 Å². The zero-order valence-electron chi connectivity index (χ0n) is 10.4. The first kappa shape index (κ1) is 15.4. The molecule has 0 saturated carbocycles. The highest BCUT2D eigenvalue weighted by Crippen LogP contribution is 2.18. The van der Waals surface area contributed by atoms with E-state index in [1.54, 1.807) is 0 Å². The van der Waals surface area contributed by atoms with Gasteiger partial charge in [-0.2, -0.15) is 0 Å². The fourth-order valence-corrected chi connectivity index (χ4v) is 1.92. The number of carboxylic acids is 1. The van der Waals surface area contributed by atoms with Crippen LogP contribution < -0.4 is 0 Å². The summed E-state index contributed by atoms with van der Waals surface area (Å²) in [7, 11) is -3.71. The van der Waals surface area contributed by atoms with Crippen LogP contribution in [0.4, 0.5) is 0 Å². The largest absolute Gasteiger partial charge is 0.480 e. The molecule has 0 aromatic heterocycles. The smallest absolute Gasteiger partial charge is 0.324 e. The Bertz CT molecular complexity index is 348. The molecule has 16 heavy (non-hydrogen) atoms. The molecule has 0 aliphatic heterocycles. The van der Waals surface area contributed by atoms with Crippen LogP contribution in [0, 0.1) is 0 Å². The van der Waals surface area contributed by atoms with Crippen LogP contribution in [0.25, 0.3) is 0 Å². The monoisotopic (exact) mass is 252 g/mol. The van der Waals surface area contributed by atoms with E-state index in [0.717, 1.165) is 0 Å². The van der Waals surface area contributed by atoms with Gasteiger partial charge in [0, 0.05) is 0 Å². The Hall–Kier alpha value is -0.620. The fraction of sp³-hybridized carbons (Fsp3) is 0.900. The zero-order valence-corrected chi connectivity index (χ0v) is 11.2. The summed E-state index contributed by atoms with van der Waals surface area (Å²) in [5, 5.41) is 8.82. The molecule has 6 heteroatoms. The molecule has 0 heterocycles. The topological polar surface area (TPSA) is 80.7 Å². The molecule has 0 unspecified atom stereocenters. The maximum absolute atomic E-state index is 11.7. The van der Waals surface area contributed by atoms with Gasteiger partial charge in [-0.05, 0) is 34.6 Å². The van der Waals surface area contributed by atoms with Crippen LogP contribution in [0.15, 0.2) is 0 Å². The minimum absolute atomic E-state index is 0.00252. The molecule has 0 radical (unpaired) electrons. The SMILES string of the molecule is CC(C)(C)OCCS(=O)(=O)C(C)(C)C(=O)O. The number of aliphatic carboxylic acids is 1. The molecule has 0 aromatic rings. The van der Waals surface area contributed by atoms with Crippen molar-refractivity contribution in [3.8, 4) is 0 Å². The van der Waals surface area contributed by atoms with Gasteiger partial charge < -0.3 is 9.84 Å². The molecule has 0 amide bonds. The second-order valence-electron chi connectivity index (χ2n) is 5.10. The average Bonchev–Trinajstić information content (AvgIpc) is 2.00. The highest BCUT2D eigenvalue weighted by atomic mass is 32.2. The highest BCUT2D eigenvalue weighted by Gasteiger charge is 2.41. The van der Waals surface area contributed by atoms with Crippen molar-refractivity contribution in [2.75, 3.05) is 12.4 Å². The normalized spacial score (nSPS) is 13.8. The van der Waals surface area contributed by atoms with Crippen molar-refractivity contribution >= 4 is 15.8 Å². The Morgan fingerprint density at radius 3 is 1.94 bits per heavy atom. The number of hydrogen-bond donors (Lipinski definition) is 1. The van der Waals surface area contributed by atoms with Crippen molar-refractivity contribution in [1.29, 1.82) is 0 Å². The molecule has 0 aliphatic rings. The van der Waals surface area contributed by atoms with Gasteiger partial charge >= 0.3 is 5.97 Å². The summed E-state index contributed by atoms with van der Waals surface area (Å²) in [6.07, 6.45) is 0. The highest BCUT2D eigenvalue weighted by molar-refractivity contribution is 7.93. The third kappa shape index (κ3) is 4.09. The Labute approximate surface area is 96.7 Å². The first-order chi connectivity index (χ1) is 6.90. The molecule has 1 N–H and O–H groups in total. The maximum atomic E-state index is 11.7. The molecule has 0 rings (SSSR count). The number of rotatable bonds is 5. The Kier molecular flexibility index (Phi) is 4.53. The van der Waals surface area contributed by atoms with E-state index >= 15 is 0 Å². The minimum Gasteiger partial charge on any atom is -0.480 e. The van der Waals surface area contributed by atoms with Crippen molar-refractivity contribution < 1.29 is 23.1 Å². The van der Waals surface area contributed by atoms with Crippen molar-refractivity contribution in [3.63, 3.8) is 0 Å². The first-order valence-electron chi connectivity index (χ1n) is 5.00. The van der Waals surface area contributed by atoms with Crippen molar-refractivity contribution in [2.45, 2.75) is 45.0 Å². The van der Waals surface area contributed by atoms with Crippen LogP contribution in [0.1, 0.15) is 34.6 Å². The summed E-state index contributed by atoms with van der Waals surface area (Å²) in [6.45, 7) is 7.79. The van der Waals surface area contributed by atoms with Crippen LogP contribution >= 0.6 is 0 Å². The van der Waals surface area contributed by atoms with E-state index < -0.39 is 26.2 Å². The Morgan fingerprint density at radius 1 is 1.19 bits per heavy atom. The third-order valence-electron chi connectivity index (χ3n) is 2.18. The standard InChI is InChI=1S/C10H20O5S/c1-9(2,3)15-6-7-16(13,14)10(4,5)8(11)12/h6-7H2,1-5H3,(H,11,12). The summed E-state index contributed by atoms with van der Waals surface area (Å²) >= 11 is 0.